The van der Waals surface area contributed by atoms with Crippen molar-refractivity contribution in [2.75, 3.05) is 19.6 Å². The van der Waals surface area contributed by atoms with Gasteiger partial charge in [-0.1, -0.05) is 30.3 Å². The molecule has 2 aromatic rings. The van der Waals surface area contributed by atoms with Gasteiger partial charge in [0, 0.05) is 38.1 Å². The molecule has 0 radical (unpaired) electrons. The molecule has 2 N–H and O–H groups in total. The summed E-state index contributed by atoms with van der Waals surface area (Å²) in [5.41, 5.74) is 1.26. The highest BCUT2D eigenvalue weighted by Crippen LogP contribution is 2.14. The monoisotopic (exact) mass is 382 g/mol. The van der Waals surface area contributed by atoms with Gasteiger partial charge < -0.3 is 20.0 Å². The van der Waals surface area contributed by atoms with Crippen molar-refractivity contribution in [2.45, 2.75) is 58.2 Å². The van der Waals surface area contributed by atoms with Gasteiger partial charge in [0.2, 0.25) is 0 Å². The summed E-state index contributed by atoms with van der Waals surface area (Å²) < 4.78 is 5.43. The Balaban J connectivity index is 1.60. The predicted molar refractivity (Wildman–Crippen MR) is 116 cm³/mol. The number of furan rings is 1. The molecule has 1 fully saturated rings. The average molecular weight is 383 g/mol. The van der Waals surface area contributed by atoms with Crippen LogP contribution in [-0.4, -0.2) is 42.6 Å². The van der Waals surface area contributed by atoms with Crippen LogP contribution in [0.1, 0.15) is 51.0 Å². The molecule has 1 atom stereocenters. The molecule has 3 rings (SSSR count). The van der Waals surface area contributed by atoms with Gasteiger partial charge in [0.1, 0.15) is 5.76 Å². The van der Waals surface area contributed by atoms with Gasteiger partial charge in [0.05, 0.1) is 12.3 Å². The first-order valence-electron chi connectivity index (χ1n) is 10.5. The molecule has 0 spiro atoms. The number of hydrogen-bond acceptors (Lipinski definition) is 3. The SMILES string of the molecule is CC(NC(=NCCc1ccco1)NC1CCN(C(C)C)CC1)c1ccccc1. The number of nitrogens with one attached hydrogen (secondary N) is 2. The van der Waals surface area contributed by atoms with Crippen LogP contribution in [0, 0.1) is 0 Å². The molecule has 1 aliphatic rings. The zero-order chi connectivity index (χ0) is 19.8. The number of rotatable bonds is 7. The largest absolute Gasteiger partial charge is 0.469 e. The molecule has 0 bridgehead atoms. The number of benzene rings is 1. The topological polar surface area (TPSA) is 52.8 Å². The minimum Gasteiger partial charge on any atom is -0.469 e. The molecule has 152 valence electrons. The van der Waals surface area contributed by atoms with E-state index in [9.17, 15) is 0 Å². The molecule has 5 nitrogen and oxygen atoms in total. The highest BCUT2D eigenvalue weighted by molar-refractivity contribution is 5.80. The van der Waals surface area contributed by atoms with Crippen LogP contribution >= 0.6 is 0 Å². The van der Waals surface area contributed by atoms with Gasteiger partial charge in [-0.25, -0.2) is 0 Å². The molecule has 1 aromatic carbocycles. The Morgan fingerprint density at radius 3 is 2.50 bits per heavy atom. The molecule has 2 heterocycles. The number of guanidine groups is 1. The van der Waals surface area contributed by atoms with Crippen molar-refractivity contribution in [1.29, 1.82) is 0 Å². The third kappa shape index (κ3) is 6.13. The van der Waals surface area contributed by atoms with E-state index in [2.05, 4.69) is 66.6 Å². The van der Waals surface area contributed by atoms with Gasteiger partial charge in [-0.15, -0.1) is 0 Å². The van der Waals surface area contributed by atoms with Gasteiger partial charge in [-0.3, -0.25) is 4.99 Å². The maximum Gasteiger partial charge on any atom is 0.191 e. The van der Waals surface area contributed by atoms with Gasteiger partial charge >= 0.3 is 0 Å². The van der Waals surface area contributed by atoms with Crippen molar-refractivity contribution in [3.8, 4) is 0 Å². The molecule has 28 heavy (non-hydrogen) atoms. The van der Waals surface area contributed by atoms with E-state index in [0.717, 1.165) is 44.1 Å². The minimum atomic E-state index is 0.201. The number of aliphatic imine (C=N–C) groups is 1. The fraction of sp³-hybridized carbons (Fsp3) is 0.522. The fourth-order valence-corrected chi connectivity index (χ4v) is 3.65. The van der Waals surface area contributed by atoms with Crippen LogP contribution in [0.3, 0.4) is 0 Å². The summed E-state index contributed by atoms with van der Waals surface area (Å²) in [5.74, 6) is 1.87. The highest BCUT2D eigenvalue weighted by atomic mass is 16.3. The third-order valence-corrected chi connectivity index (χ3v) is 5.46. The number of likely N-dealkylation sites (tertiary alicyclic amines) is 1. The molecule has 1 unspecified atom stereocenters. The van der Waals surface area contributed by atoms with Crippen LogP contribution in [0.25, 0.3) is 0 Å². The first-order chi connectivity index (χ1) is 13.6. The summed E-state index contributed by atoms with van der Waals surface area (Å²) in [5, 5.41) is 7.27. The van der Waals surface area contributed by atoms with Crippen LogP contribution in [-0.2, 0) is 6.42 Å². The van der Waals surface area contributed by atoms with Crippen molar-refractivity contribution in [2.24, 2.45) is 4.99 Å². The van der Waals surface area contributed by atoms with Gasteiger partial charge in [-0.05, 0) is 51.3 Å². The molecule has 5 heteroatoms. The van der Waals surface area contributed by atoms with Crippen molar-refractivity contribution < 1.29 is 4.42 Å². The maximum atomic E-state index is 5.43. The second kappa shape index (κ2) is 10.3. The van der Waals surface area contributed by atoms with Crippen LogP contribution < -0.4 is 10.6 Å². The summed E-state index contributed by atoms with van der Waals surface area (Å²) in [4.78, 5) is 7.38. The summed E-state index contributed by atoms with van der Waals surface area (Å²) in [6.45, 7) is 9.72. The number of hydrogen-bond donors (Lipinski definition) is 2. The Labute approximate surface area is 169 Å². The molecule has 1 aromatic heterocycles. The Hall–Kier alpha value is -2.27. The van der Waals surface area contributed by atoms with Crippen LogP contribution in [0.2, 0.25) is 0 Å². The second-order valence-electron chi connectivity index (χ2n) is 7.88. The highest BCUT2D eigenvalue weighted by Gasteiger charge is 2.22. The maximum absolute atomic E-state index is 5.43. The summed E-state index contributed by atoms with van der Waals surface area (Å²) in [7, 11) is 0. The molecule has 1 saturated heterocycles. The molecular formula is C23H34N4O. The lowest BCUT2D eigenvalue weighted by Gasteiger charge is -2.35. The molecule has 0 saturated carbocycles. The van der Waals surface area contributed by atoms with Gasteiger partial charge in [0.25, 0.3) is 0 Å². The molecule has 1 aliphatic heterocycles. The minimum absolute atomic E-state index is 0.201. The van der Waals surface area contributed by atoms with E-state index in [4.69, 9.17) is 9.41 Å². The molecular weight excluding hydrogens is 348 g/mol. The zero-order valence-electron chi connectivity index (χ0n) is 17.4. The smallest absolute Gasteiger partial charge is 0.191 e. The number of piperidine rings is 1. The van der Waals surface area contributed by atoms with E-state index in [1.54, 1.807) is 6.26 Å². The fourth-order valence-electron chi connectivity index (χ4n) is 3.65. The normalized spacial score (nSPS) is 17.6. The lowest BCUT2D eigenvalue weighted by atomic mass is 10.0. The first kappa shape index (κ1) is 20.5. The molecule has 0 aliphatic carbocycles. The van der Waals surface area contributed by atoms with E-state index in [1.165, 1.54) is 5.56 Å². The lowest BCUT2D eigenvalue weighted by Crippen LogP contribution is -2.50. The van der Waals surface area contributed by atoms with E-state index in [-0.39, 0.29) is 6.04 Å². The van der Waals surface area contributed by atoms with Crippen molar-refractivity contribution in [3.63, 3.8) is 0 Å². The summed E-state index contributed by atoms with van der Waals surface area (Å²) in [6.07, 6.45) is 4.83. The standard InChI is InChI=1S/C23H34N4O/c1-18(2)27-15-12-21(13-16-27)26-23(24-14-11-22-10-7-17-28-22)25-19(3)20-8-5-4-6-9-20/h4-10,17-19,21H,11-16H2,1-3H3,(H2,24,25,26). The van der Waals surface area contributed by atoms with Gasteiger partial charge in [0.15, 0.2) is 5.96 Å². The Morgan fingerprint density at radius 2 is 1.86 bits per heavy atom. The van der Waals surface area contributed by atoms with Crippen molar-refractivity contribution in [1.82, 2.24) is 15.5 Å². The van der Waals surface area contributed by atoms with E-state index < -0.39 is 0 Å². The van der Waals surface area contributed by atoms with Crippen LogP contribution in [0.5, 0.6) is 0 Å². The Bertz CT molecular complexity index is 703. The quantitative estimate of drug-likeness (QED) is 0.562. The Morgan fingerprint density at radius 1 is 1.11 bits per heavy atom. The second-order valence-corrected chi connectivity index (χ2v) is 7.88. The van der Waals surface area contributed by atoms with Crippen LogP contribution in [0.4, 0.5) is 0 Å². The summed E-state index contributed by atoms with van der Waals surface area (Å²) >= 11 is 0. The van der Waals surface area contributed by atoms with Gasteiger partial charge in [-0.2, -0.15) is 0 Å². The number of nitrogens with zero attached hydrogens (tertiary/aromatic N) is 2. The third-order valence-electron chi connectivity index (χ3n) is 5.46. The lowest BCUT2D eigenvalue weighted by molar-refractivity contribution is 0.167. The van der Waals surface area contributed by atoms with E-state index in [1.807, 2.05) is 12.1 Å². The van der Waals surface area contributed by atoms with Crippen molar-refractivity contribution >= 4 is 5.96 Å². The predicted octanol–water partition coefficient (Wildman–Crippen LogP) is 3.99. The molecule has 0 amide bonds. The Kier molecular flexibility index (Phi) is 7.54. The summed E-state index contributed by atoms with van der Waals surface area (Å²) in [6, 6.07) is 15.7. The zero-order valence-corrected chi connectivity index (χ0v) is 17.4. The van der Waals surface area contributed by atoms with Crippen LogP contribution in [0.15, 0.2) is 58.1 Å². The van der Waals surface area contributed by atoms with E-state index >= 15 is 0 Å². The van der Waals surface area contributed by atoms with E-state index in [0.29, 0.717) is 18.6 Å². The first-order valence-corrected chi connectivity index (χ1v) is 10.5. The average Bonchev–Trinajstić information content (AvgIpc) is 3.22. The van der Waals surface area contributed by atoms with Crippen molar-refractivity contribution in [3.05, 3.63) is 60.1 Å².